The first kappa shape index (κ1) is 13.8. The molecule has 0 saturated heterocycles. The number of anilines is 1. The van der Waals surface area contributed by atoms with Gasteiger partial charge in [0.25, 0.3) is 0 Å². The number of nitrogens with zero attached hydrogens (tertiary/aromatic N) is 1. The van der Waals surface area contributed by atoms with E-state index in [2.05, 4.69) is 43.5 Å². The summed E-state index contributed by atoms with van der Waals surface area (Å²) in [4.78, 5) is 4.70. The second-order valence-electron chi connectivity index (χ2n) is 5.01. The molecule has 3 heteroatoms. The Balaban J connectivity index is 2.43. The van der Waals surface area contributed by atoms with Gasteiger partial charge >= 0.3 is 0 Å². The lowest BCUT2D eigenvalue weighted by Crippen LogP contribution is -2.08. The molecule has 0 fully saturated rings. The number of aryl methyl sites for hydroxylation is 2. The molecule has 3 N–H and O–H groups in total. The lowest BCUT2D eigenvalue weighted by molar-refractivity contribution is 0.796. The van der Waals surface area contributed by atoms with Crippen LogP contribution in [-0.2, 0) is 12.8 Å². The van der Waals surface area contributed by atoms with Crippen molar-refractivity contribution in [2.75, 3.05) is 5.43 Å². The number of nitrogen functional groups attached to an aromatic ring is 1. The van der Waals surface area contributed by atoms with Gasteiger partial charge in [0.15, 0.2) is 0 Å². The maximum Gasteiger partial charge on any atom is 0.0726 e. The first-order valence-electron chi connectivity index (χ1n) is 7.17. The molecule has 2 aromatic rings. The minimum absolute atomic E-state index is 0.979. The smallest absolute Gasteiger partial charge is 0.0726 e. The van der Waals surface area contributed by atoms with E-state index < -0.39 is 0 Å². The Hall–Kier alpha value is -1.61. The average Bonchev–Trinajstić information content (AvgIpc) is 2.44. The van der Waals surface area contributed by atoms with Crippen LogP contribution in [0.15, 0.2) is 24.3 Å². The highest BCUT2D eigenvalue weighted by atomic mass is 15.2. The SMILES string of the molecule is CCCCc1ccc2nc(CCC)cc(NN)c2c1. The molecule has 2 rings (SSSR count). The minimum atomic E-state index is 0.979. The van der Waals surface area contributed by atoms with E-state index in [0.717, 1.165) is 41.5 Å². The fraction of sp³-hybridized carbons (Fsp3) is 0.438. The summed E-state index contributed by atoms with van der Waals surface area (Å²) in [6, 6.07) is 8.57. The van der Waals surface area contributed by atoms with Gasteiger partial charge in [-0.25, -0.2) is 0 Å². The second-order valence-corrected chi connectivity index (χ2v) is 5.01. The number of hydrazine groups is 1. The number of pyridine rings is 1. The highest BCUT2D eigenvalue weighted by Crippen LogP contribution is 2.25. The maximum atomic E-state index is 5.65. The molecule has 1 aromatic carbocycles. The van der Waals surface area contributed by atoms with Gasteiger partial charge in [0.2, 0.25) is 0 Å². The van der Waals surface area contributed by atoms with Crippen LogP contribution in [0.2, 0.25) is 0 Å². The molecule has 102 valence electrons. The lowest BCUT2D eigenvalue weighted by atomic mass is 10.0. The summed E-state index contributed by atoms with van der Waals surface area (Å²) in [6.07, 6.45) is 5.64. The molecule has 0 radical (unpaired) electrons. The summed E-state index contributed by atoms with van der Waals surface area (Å²) >= 11 is 0. The summed E-state index contributed by atoms with van der Waals surface area (Å²) in [7, 11) is 0. The van der Waals surface area contributed by atoms with Crippen LogP contribution in [0.1, 0.15) is 44.4 Å². The highest BCUT2D eigenvalue weighted by molar-refractivity contribution is 5.91. The summed E-state index contributed by atoms with van der Waals surface area (Å²) < 4.78 is 0. The Morgan fingerprint density at radius 1 is 1.11 bits per heavy atom. The van der Waals surface area contributed by atoms with Gasteiger partial charge < -0.3 is 5.43 Å². The number of unbranched alkanes of at least 4 members (excludes halogenated alkanes) is 1. The zero-order valence-corrected chi connectivity index (χ0v) is 11.9. The number of rotatable bonds is 6. The molecule has 0 aliphatic rings. The third-order valence-corrected chi connectivity index (χ3v) is 3.41. The van der Waals surface area contributed by atoms with Crippen LogP contribution in [0, 0.1) is 0 Å². The second kappa shape index (κ2) is 6.53. The van der Waals surface area contributed by atoms with E-state index in [4.69, 9.17) is 10.8 Å². The van der Waals surface area contributed by atoms with Gasteiger partial charge in [-0.15, -0.1) is 0 Å². The minimum Gasteiger partial charge on any atom is -0.323 e. The van der Waals surface area contributed by atoms with Crippen molar-refractivity contribution in [1.82, 2.24) is 4.98 Å². The van der Waals surface area contributed by atoms with Crippen LogP contribution in [0.25, 0.3) is 10.9 Å². The normalized spacial score (nSPS) is 10.9. The van der Waals surface area contributed by atoms with Crippen molar-refractivity contribution in [2.24, 2.45) is 5.84 Å². The number of fused-ring (bicyclic) bond motifs is 1. The number of nitrogens with two attached hydrogens (primary N) is 1. The Kier molecular flexibility index (Phi) is 4.74. The van der Waals surface area contributed by atoms with Crippen LogP contribution >= 0.6 is 0 Å². The van der Waals surface area contributed by atoms with Crippen molar-refractivity contribution in [3.05, 3.63) is 35.5 Å². The number of aromatic nitrogens is 1. The van der Waals surface area contributed by atoms with E-state index in [1.807, 2.05) is 0 Å². The van der Waals surface area contributed by atoms with Crippen LogP contribution in [0.5, 0.6) is 0 Å². The van der Waals surface area contributed by atoms with Gasteiger partial charge in [0.05, 0.1) is 11.2 Å². The van der Waals surface area contributed by atoms with Crippen molar-refractivity contribution in [3.63, 3.8) is 0 Å². The van der Waals surface area contributed by atoms with Crippen molar-refractivity contribution >= 4 is 16.6 Å². The zero-order chi connectivity index (χ0) is 13.7. The number of nitrogens with one attached hydrogen (secondary N) is 1. The third-order valence-electron chi connectivity index (χ3n) is 3.41. The molecule has 0 amide bonds. The van der Waals surface area contributed by atoms with E-state index >= 15 is 0 Å². The number of hydrogen-bond donors (Lipinski definition) is 2. The van der Waals surface area contributed by atoms with Crippen LogP contribution < -0.4 is 11.3 Å². The molecule has 0 bridgehead atoms. The van der Waals surface area contributed by atoms with Crippen molar-refractivity contribution in [2.45, 2.75) is 46.0 Å². The largest absolute Gasteiger partial charge is 0.323 e. The Morgan fingerprint density at radius 3 is 2.63 bits per heavy atom. The quantitative estimate of drug-likeness (QED) is 0.611. The average molecular weight is 257 g/mol. The molecule has 0 aliphatic heterocycles. The van der Waals surface area contributed by atoms with E-state index in [9.17, 15) is 0 Å². The van der Waals surface area contributed by atoms with Crippen LogP contribution in [-0.4, -0.2) is 4.98 Å². The molecule has 0 spiro atoms. The van der Waals surface area contributed by atoms with Gasteiger partial charge in [0, 0.05) is 11.1 Å². The maximum absolute atomic E-state index is 5.65. The first-order valence-corrected chi connectivity index (χ1v) is 7.17. The Labute approximate surface area is 115 Å². The summed E-state index contributed by atoms with van der Waals surface area (Å²) in [5.74, 6) is 5.65. The van der Waals surface area contributed by atoms with E-state index in [0.29, 0.717) is 0 Å². The van der Waals surface area contributed by atoms with E-state index in [-0.39, 0.29) is 0 Å². The molecular formula is C16H23N3. The molecule has 0 atom stereocenters. The topological polar surface area (TPSA) is 50.9 Å². The van der Waals surface area contributed by atoms with Crippen molar-refractivity contribution in [1.29, 1.82) is 0 Å². The Bertz CT molecular complexity index is 549. The number of hydrogen-bond acceptors (Lipinski definition) is 3. The van der Waals surface area contributed by atoms with E-state index in [1.54, 1.807) is 0 Å². The molecule has 1 aromatic heterocycles. The van der Waals surface area contributed by atoms with Crippen LogP contribution in [0.3, 0.4) is 0 Å². The zero-order valence-electron chi connectivity index (χ0n) is 11.9. The molecule has 3 nitrogen and oxygen atoms in total. The Morgan fingerprint density at radius 2 is 1.95 bits per heavy atom. The lowest BCUT2D eigenvalue weighted by Gasteiger charge is -2.10. The third kappa shape index (κ3) is 3.24. The van der Waals surface area contributed by atoms with Gasteiger partial charge in [-0.05, 0) is 43.0 Å². The molecular weight excluding hydrogens is 234 g/mol. The molecule has 0 aliphatic carbocycles. The van der Waals surface area contributed by atoms with Crippen molar-refractivity contribution in [3.8, 4) is 0 Å². The first-order chi connectivity index (χ1) is 9.28. The van der Waals surface area contributed by atoms with Gasteiger partial charge in [0.1, 0.15) is 0 Å². The van der Waals surface area contributed by atoms with Gasteiger partial charge in [-0.1, -0.05) is 32.8 Å². The monoisotopic (exact) mass is 257 g/mol. The van der Waals surface area contributed by atoms with Crippen molar-refractivity contribution < 1.29 is 0 Å². The standard InChI is InChI=1S/C16H23N3/c1-3-5-7-12-8-9-15-14(10-12)16(19-17)11-13(18-15)6-4-2/h8-11H,3-7,17H2,1-2H3,(H,18,19). The van der Waals surface area contributed by atoms with Gasteiger partial charge in [-0.2, -0.15) is 0 Å². The molecule has 0 saturated carbocycles. The van der Waals surface area contributed by atoms with Crippen LogP contribution in [0.4, 0.5) is 5.69 Å². The summed E-state index contributed by atoms with van der Waals surface area (Å²) in [5.41, 5.74) is 7.28. The fourth-order valence-electron chi connectivity index (χ4n) is 2.37. The molecule has 1 heterocycles. The molecule has 0 unspecified atom stereocenters. The summed E-state index contributed by atoms with van der Waals surface area (Å²) in [6.45, 7) is 4.38. The fourth-order valence-corrected chi connectivity index (χ4v) is 2.37. The predicted molar refractivity (Wildman–Crippen MR) is 82.2 cm³/mol. The van der Waals surface area contributed by atoms with E-state index in [1.165, 1.54) is 18.4 Å². The van der Waals surface area contributed by atoms with Gasteiger partial charge in [-0.3, -0.25) is 10.8 Å². The highest BCUT2D eigenvalue weighted by Gasteiger charge is 2.06. The molecule has 19 heavy (non-hydrogen) atoms. The number of benzene rings is 1. The predicted octanol–water partition coefficient (Wildman–Crippen LogP) is 3.82. The summed E-state index contributed by atoms with van der Waals surface area (Å²) in [5, 5.41) is 1.12.